The maximum absolute atomic E-state index is 14.6. The number of hydrogen-bond acceptors (Lipinski definition) is 8. The van der Waals surface area contributed by atoms with Gasteiger partial charge >= 0.3 is 0 Å². The van der Waals surface area contributed by atoms with Gasteiger partial charge in [-0.2, -0.15) is 9.37 Å². The maximum Gasteiger partial charge on any atom is 0.252 e. The lowest BCUT2D eigenvalue weighted by Gasteiger charge is -2.13. The molecule has 8 bridgehead atoms. The number of pyridine rings is 1. The van der Waals surface area contributed by atoms with Crippen LogP contribution in [-0.2, 0) is 16.3 Å². The molecule has 0 saturated carbocycles. The summed E-state index contributed by atoms with van der Waals surface area (Å²) >= 11 is 0. The lowest BCUT2D eigenvalue weighted by atomic mass is 10.0. The van der Waals surface area contributed by atoms with Crippen LogP contribution in [0.1, 0.15) is 21.5 Å². The fourth-order valence-corrected chi connectivity index (χ4v) is 4.90. The number of nitrogens with zero attached hydrogens (tertiary/aromatic N) is 3. The minimum absolute atomic E-state index is 0.00921. The summed E-state index contributed by atoms with van der Waals surface area (Å²) in [6.45, 7) is 2.16. The van der Waals surface area contributed by atoms with Crippen LogP contribution in [0.3, 0.4) is 0 Å². The first-order valence-corrected chi connectivity index (χ1v) is 13.3. The van der Waals surface area contributed by atoms with Gasteiger partial charge < -0.3 is 16.0 Å². The van der Waals surface area contributed by atoms with E-state index in [2.05, 4.69) is 30.9 Å². The number of sulfone groups is 1. The molecule has 2 aromatic heterocycles. The number of aryl methyl sites for hydroxylation is 1. The molecular weight excluding hydrogens is 495 g/mol. The van der Waals surface area contributed by atoms with E-state index in [1.54, 1.807) is 12.3 Å². The third kappa shape index (κ3) is 5.26. The number of hydrogen-bond donors (Lipinski definition) is 3. The molecule has 9 nitrogen and oxygen atoms in total. The fraction of sp³-hybridized carbons (Fsp3) is 0.154. The Morgan fingerprint density at radius 3 is 2.62 bits per heavy atom. The zero-order valence-corrected chi connectivity index (χ0v) is 20.9. The van der Waals surface area contributed by atoms with Crippen molar-refractivity contribution in [3.05, 3.63) is 83.6 Å². The first-order valence-electron chi connectivity index (χ1n) is 11.4. The molecule has 2 aromatic carbocycles. The second kappa shape index (κ2) is 9.58. The summed E-state index contributed by atoms with van der Waals surface area (Å²) in [7, 11) is -3.76. The van der Waals surface area contributed by atoms with Gasteiger partial charge in [-0.3, -0.25) is 4.79 Å². The van der Waals surface area contributed by atoms with Gasteiger partial charge in [0.2, 0.25) is 11.9 Å². The van der Waals surface area contributed by atoms with Crippen LogP contribution in [0.25, 0.3) is 11.1 Å². The molecule has 4 aromatic rings. The van der Waals surface area contributed by atoms with Crippen molar-refractivity contribution in [3.63, 3.8) is 0 Å². The van der Waals surface area contributed by atoms with E-state index in [9.17, 15) is 17.6 Å². The van der Waals surface area contributed by atoms with Gasteiger partial charge in [-0.05, 0) is 54.8 Å². The van der Waals surface area contributed by atoms with Gasteiger partial charge in [0, 0.05) is 42.0 Å². The van der Waals surface area contributed by atoms with Gasteiger partial charge in [-0.25, -0.2) is 18.4 Å². The van der Waals surface area contributed by atoms with E-state index in [1.165, 1.54) is 24.4 Å². The van der Waals surface area contributed by atoms with Crippen LogP contribution in [-0.4, -0.2) is 42.1 Å². The Bertz CT molecular complexity index is 1640. The van der Waals surface area contributed by atoms with E-state index in [1.807, 2.05) is 31.2 Å². The molecule has 2 aliphatic rings. The van der Waals surface area contributed by atoms with Crippen molar-refractivity contribution < 1.29 is 17.6 Å². The van der Waals surface area contributed by atoms with Gasteiger partial charge in [0.1, 0.15) is 5.82 Å². The number of fused-ring (bicyclic) bond motifs is 5. The number of halogens is 1. The molecule has 6 rings (SSSR count). The molecule has 1 amide bonds. The first-order chi connectivity index (χ1) is 17.7. The Morgan fingerprint density at radius 2 is 1.81 bits per heavy atom. The highest BCUT2D eigenvalue weighted by molar-refractivity contribution is 7.90. The number of carbonyl (C=O) groups is 1. The van der Waals surface area contributed by atoms with Crippen molar-refractivity contribution in [3.8, 4) is 11.1 Å². The number of amides is 1. The lowest BCUT2D eigenvalue weighted by Crippen LogP contribution is -2.27. The Hall–Kier alpha value is -4.38. The number of benzene rings is 2. The van der Waals surface area contributed by atoms with Crippen LogP contribution in [0.5, 0.6) is 0 Å². The molecular formula is C26H23FN6O3S. The highest BCUT2D eigenvalue weighted by atomic mass is 32.2. The van der Waals surface area contributed by atoms with E-state index in [4.69, 9.17) is 0 Å². The molecule has 0 atom stereocenters. The second-order valence-electron chi connectivity index (χ2n) is 8.73. The minimum atomic E-state index is -3.76. The predicted octanol–water partition coefficient (Wildman–Crippen LogP) is 4.16. The molecule has 0 spiro atoms. The van der Waals surface area contributed by atoms with Crippen molar-refractivity contribution in [2.24, 2.45) is 0 Å². The molecule has 0 saturated heterocycles. The van der Waals surface area contributed by atoms with Crippen molar-refractivity contribution in [2.45, 2.75) is 18.2 Å². The third-order valence-corrected chi connectivity index (χ3v) is 7.04. The first kappa shape index (κ1) is 24.3. The number of rotatable bonds is 1. The molecule has 3 N–H and O–H groups in total. The van der Waals surface area contributed by atoms with Gasteiger partial charge in [0.05, 0.1) is 16.1 Å². The number of aromatic nitrogens is 3. The van der Waals surface area contributed by atoms with E-state index in [0.717, 1.165) is 23.1 Å². The molecule has 11 heteroatoms. The zero-order chi connectivity index (χ0) is 26.2. The lowest BCUT2D eigenvalue weighted by molar-refractivity contribution is 0.0951. The van der Waals surface area contributed by atoms with Gasteiger partial charge in [-0.15, -0.1) is 0 Å². The van der Waals surface area contributed by atoms with Crippen molar-refractivity contribution in [1.82, 2.24) is 20.3 Å². The van der Waals surface area contributed by atoms with Gasteiger partial charge in [0.15, 0.2) is 9.84 Å². The molecule has 0 aliphatic carbocycles. The third-order valence-electron chi connectivity index (χ3n) is 5.91. The summed E-state index contributed by atoms with van der Waals surface area (Å²) in [5, 5.41) is 8.93. The van der Waals surface area contributed by atoms with Crippen LogP contribution in [0.4, 0.5) is 27.5 Å². The Morgan fingerprint density at radius 1 is 0.973 bits per heavy atom. The van der Waals surface area contributed by atoms with E-state index in [0.29, 0.717) is 29.9 Å². The highest BCUT2D eigenvalue weighted by Crippen LogP contribution is 2.29. The Labute approximate surface area is 213 Å². The average Bonchev–Trinajstić information content (AvgIpc) is 2.86. The van der Waals surface area contributed by atoms with Crippen LogP contribution < -0.4 is 16.0 Å². The number of carbonyl (C=O) groups excluding carboxylic acids is 1. The summed E-state index contributed by atoms with van der Waals surface area (Å²) in [5.74, 6) is -0.582. The van der Waals surface area contributed by atoms with Crippen LogP contribution in [0, 0.1) is 12.9 Å². The molecule has 0 unspecified atom stereocenters. The molecule has 37 heavy (non-hydrogen) atoms. The summed E-state index contributed by atoms with van der Waals surface area (Å²) in [5.41, 5.74) is 3.46. The largest absolute Gasteiger partial charge is 0.352 e. The van der Waals surface area contributed by atoms with Gasteiger partial charge in [0.25, 0.3) is 5.91 Å². The SMILES string of the molecule is Cc1cnc2nc1Nc1cccc(c1)CCNC(=O)c1ccc(cc1S(C)(=O)=O)-c1cnc(F)c(c1)N2. The van der Waals surface area contributed by atoms with Gasteiger partial charge in [-0.1, -0.05) is 18.2 Å². The zero-order valence-electron chi connectivity index (χ0n) is 20.0. The minimum Gasteiger partial charge on any atom is -0.352 e. The summed E-state index contributed by atoms with van der Waals surface area (Å²) in [6, 6.07) is 13.5. The Balaban J connectivity index is 1.65. The second-order valence-corrected chi connectivity index (χ2v) is 10.7. The van der Waals surface area contributed by atoms with Crippen molar-refractivity contribution in [2.75, 3.05) is 23.4 Å². The quantitative estimate of drug-likeness (QED) is 0.321. The monoisotopic (exact) mass is 518 g/mol. The van der Waals surface area contributed by atoms with Crippen LogP contribution >= 0.6 is 0 Å². The summed E-state index contributed by atoms with van der Waals surface area (Å²) < 4.78 is 39.8. The smallest absolute Gasteiger partial charge is 0.252 e. The normalized spacial score (nSPS) is 13.4. The van der Waals surface area contributed by atoms with Crippen molar-refractivity contribution in [1.29, 1.82) is 0 Å². The maximum atomic E-state index is 14.6. The molecule has 0 radical (unpaired) electrons. The molecule has 4 heterocycles. The van der Waals surface area contributed by atoms with Crippen LogP contribution in [0.2, 0.25) is 0 Å². The van der Waals surface area contributed by atoms with Crippen LogP contribution in [0.15, 0.2) is 65.8 Å². The average molecular weight is 519 g/mol. The summed E-state index contributed by atoms with van der Waals surface area (Å²) in [6.07, 6.45) is 4.48. The number of nitrogens with one attached hydrogen (secondary N) is 3. The topological polar surface area (TPSA) is 126 Å². The van der Waals surface area contributed by atoms with E-state index >= 15 is 0 Å². The molecule has 2 aliphatic heterocycles. The molecule has 188 valence electrons. The standard InChI is InChI=1S/C26H23FN6O3S/c1-15-13-30-26-32-21-11-18(14-29-23(21)27)17-6-7-20(22(12-17)37(2,35)36)25(34)28-9-8-16-4-3-5-19(10-16)31-24(15)33-26/h3-7,10-14H,8-9H2,1-2H3,(H,28,34)(H2,30,31,32,33). The number of anilines is 4. The summed E-state index contributed by atoms with van der Waals surface area (Å²) in [4.78, 5) is 25.4. The Kier molecular flexibility index (Phi) is 6.30. The van der Waals surface area contributed by atoms with E-state index in [-0.39, 0.29) is 22.1 Å². The highest BCUT2D eigenvalue weighted by Gasteiger charge is 2.21. The molecule has 0 fully saturated rings. The van der Waals surface area contributed by atoms with E-state index < -0.39 is 21.7 Å². The fourth-order valence-electron chi connectivity index (χ4n) is 4.00. The predicted molar refractivity (Wildman–Crippen MR) is 139 cm³/mol. The van der Waals surface area contributed by atoms with Crippen molar-refractivity contribution >= 4 is 38.9 Å².